The van der Waals surface area contributed by atoms with Crippen molar-refractivity contribution < 1.29 is 19.4 Å². The van der Waals surface area contributed by atoms with E-state index >= 15 is 0 Å². The molecular weight excluding hydrogens is 304 g/mol. The van der Waals surface area contributed by atoms with E-state index in [9.17, 15) is 9.90 Å². The summed E-state index contributed by atoms with van der Waals surface area (Å²) in [6.07, 6.45) is 6.47. The Morgan fingerprint density at radius 3 is 2.67 bits per heavy atom. The number of fused-ring (bicyclic) bond motifs is 2. The molecule has 4 nitrogen and oxygen atoms in total. The molecule has 1 aromatic carbocycles. The molecule has 0 radical (unpaired) electrons. The zero-order valence-corrected chi connectivity index (χ0v) is 14.8. The van der Waals surface area contributed by atoms with Gasteiger partial charge < -0.3 is 14.6 Å². The van der Waals surface area contributed by atoms with Crippen molar-refractivity contribution in [2.75, 3.05) is 7.11 Å². The monoisotopic (exact) mass is 330 g/mol. The normalized spacial score (nSPS) is 30.7. The number of aromatic hydroxyl groups is 1. The molecule has 0 aliphatic heterocycles. The molecule has 3 unspecified atom stereocenters. The van der Waals surface area contributed by atoms with Gasteiger partial charge in [0.1, 0.15) is 6.10 Å². The first-order valence-corrected chi connectivity index (χ1v) is 8.53. The molecule has 0 spiro atoms. The Kier molecular flexibility index (Phi) is 4.10. The highest BCUT2D eigenvalue weighted by Gasteiger charge is 2.62. The molecule has 2 fully saturated rings. The summed E-state index contributed by atoms with van der Waals surface area (Å²) in [5, 5.41) is 9.60. The number of ether oxygens (including phenoxy) is 2. The van der Waals surface area contributed by atoms with Crippen molar-refractivity contribution in [1.82, 2.24) is 0 Å². The second kappa shape index (κ2) is 5.83. The molecular formula is C20H26O4. The highest BCUT2D eigenvalue weighted by molar-refractivity contribution is 5.87. The summed E-state index contributed by atoms with van der Waals surface area (Å²) in [5.74, 6) is 0.796. The molecule has 130 valence electrons. The highest BCUT2D eigenvalue weighted by Crippen LogP contribution is 2.66. The molecule has 2 bridgehead atoms. The summed E-state index contributed by atoms with van der Waals surface area (Å²) in [4.78, 5) is 12.2. The molecule has 0 heterocycles. The van der Waals surface area contributed by atoms with Crippen molar-refractivity contribution in [3.05, 3.63) is 29.8 Å². The lowest BCUT2D eigenvalue weighted by molar-refractivity contribution is -0.150. The van der Waals surface area contributed by atoms with Crippen LogP contribution in [-0.2, 0) is 9.53 Å². The van der Waals surface area contributed by atoms with E-state index in [1.165, 1.54) is 19.6 Å². The van der Waals surface area contributed by atoms with Gasteiger partial charge in [-0.15, -0.1) is 0 Å². The van der Waals surface area contributed by atoms with E-state index in [-0.39, 0.29) is 28.7 Å². The second-order valence-electron chi connectivity index (χ2n) is 7.80. The van der Waals surface area contributed by atoms with Crippen LogP contribution in [0.3, 0.4) is 0 Å². The standard InChI is InChI=1S/C20H26O4/c1-19(2)14-9-10-20(19,3)17(12-14)24-18(22)8-6-13-5-7-15(21)16(11-13)23-4/h5-8,11,14,17,21H,9-10,12H2,1-4H3/b8-6+. The molecule has 1 N–H and O–H groups in total. The maximum Gasteiger partial charge on any atom is 0.331 e. The summed E-state index contributed by atoms with van der Waals surface area (Å²) in [6, 6.07) is 4.95. The minimum atomic E-state index is -0.309. The number of carbonyl (C=O) groups is 1. The van der Waals surface area contributed by atoms with Crippen molar-refractivity contribution >= 4 is 12.0 Å². The molecule has 2 saturated carbocycles. The van der Waals surface area contributed by atoms with Gasteiger partial charge in [-0.3, -0.25) is 0 Å². The second-order valence-corrected chi connectivity index (χ2v) is 7.80. The molecule has 24 heavy (non-hydrogen) atoms. The maximum absolute atomic E-state index is 12.2. The van der Waals surface area contributed by atoms with E-state index in [1.54, 1.807) is 24.3 Å². The van der Waals surface area contributed by atoms with Crippen molar-refractivity contribution in [2.24, 2.45) is 16.7 Å². The number of phenolic OH excluding ortho intramolecular Hbond substituents is 1. The minimum Gasteiger partial charge on any atom is -0.504 e. The van der Waals surface area contributed by atoms with Gasteiger partial charge in [0.05, 0.1) is 7.11 Å². The predicted molar refractivity (Wildman–Crippen MR) is 92.8 cm³/mol. The molecule has 2 aliphatic carbocycles. The number of rotatable bonds is 4. The Bertz CT molecular complexity index is 676. The van der Waals surface area contributed by atoms with E-state index in [2.05, 4.69) is 20.8 Å². The number of methoxy groups -OCH3 is 1. The molecule has 1 aromatic rings. The topological polar surface area (TPSA) is 55.8 Å². The fourth-order valence-corrected chi connectivity index (χ4v) is 4.45. The van der Waals surface area contributed by atoms with Gasteiger partial charge in [-0.2, -0.15) is 0 Å². The third-order valence-corrected chi connectivity index (χ3v) is 6.59. The van der Waals surface area contributed by atoms with Crippen molar-refractivity contribution in [3.8, 4) is 11.5 Å². The lowest BCUT2D eigenvalue weighted by Gasteiger charge is -2.38. The maximum atomic E-state index is 12.2. The van der Waals surface area contributed by atoms with Gasteiger partial charge in [0.2, 0.25) is 0 Å². The first-order chi connectivity index (χ1) is 11.3. The lowest BCUT2D eigenvalue weighted by atomic mass is 9.70. The number of carbonyl (C=O) groups excluding carboxylic acids is 1. The van der Waals surface area contributed by atoms with Crippen LogP contribution in [0.2, 0.25) is 0 Å². The third kappa shape index (κ3) is 2.58. The van der Waals surface area contributed by atoms with Gasteiger partial charge in [-0.1, -0.05) is 26.8 Å². The van der Waals surface area contributed by atoms with Crippen LogP contribution in [-0.4, -0.2) is 24.3 Å². The zero-order valence-electron chi connectivity index (χ0n) is 14.8. The average Bonchev–Trinajstić information content (AvgIpc) is 2.87. The van der Waals surface area contributed by atoms with Crippen LogP contribution in [0.25, 0.3) is 6.08 Å². The van der Waals surface area contributed by atoms with Crippen LogP contribution in [0, 0.1) is 16.7 Å². The largest absolute Gasteiger partial charge is 0.504 e. The fourth-order valence-electron chi connectivity index (χ4n) is 4.45. The Hall–Kier alpha value is -1.97. The van der Waals surface area contributed by atoms with Gasteiger partial charge in [-0.25, -0.2) is 4.79 Å². The number of hydrogen-bond acceptors (Lipinski definition) is 4. The van der Waals surface area contributed by atoms with Gasteiger partial charge in [0, 0.05) is 11.5 Å². The Morgan fingerprint density at radius 1 is 1.33 bits per heavy atom. The fraction of sp³-hybridized carbons (Fsp3) is 0.550. The molecule has 4 heteroatoms. The van der Waals surface area contributed by atoms with E-state index < -0.39 is 0 Å². The van der Waals surface area contributed by atoms with E-state index in [1.807, 2.05) is 0 Å². The Morgan fingerprint density at radius 2 is 2.08 bits per heavy atom. The van der Waals surface area contributed by atoms with Crippen LogP contribution in [0.5, 0.6) is 11.5 Å². The Balaban J connectivity index is 1.67. The molecule has 3 rings (SSSR count). The number of hydrogen-bond donors (Lipinski definition) is 1. The molecule has 2 aliphatic rings. The molecule has 3 atom stereocenters. The molecule has 0 amide bonds. The van der Waals surface area contributed by atoms with Crippen LogP contribution in [0.4, 0.5) is 0 Å². The van der Waals surface area contributed by atoms with Gasteiger partial charge >= 0.3 is 5.97 Å². The SMILES string of the molecule is COc1cc(/C=C/C(=O)OC2CC3CCC2(C)C3(C)C)ccc1O. The molecule has 0 saturated heterocycles. The summed E-state index contributed by atoms with van der Waals surface area (Å²) >= 11 is 0. The van der Waals surface area contributed by atoms with E-state index in [0.29, 0.717) is 11.7 Å². The first kappa shape index (κ1) is 16.9. The predicted octanol–water partition coefficient (Wildman–Crippen LogP) is 4.17. The van der Waals surface area contributed by atoms with Crippen LogP contribution in [0.15, 0.2) is 24.3 Å². The summed E-state index contributed by atoms with van der Waals surface area (Å²) in [6.45, 7) is 6.86. The van der Waals surface area contributed by atoms with Gasteiger partial charge in [0.25, 0.3) is 0 Å². The third-order valence-electron chi connectivity index (χ3n) is 6.59. The number of benzene rings is 1. The number of phenols is 1. The highest BCUT2D eigenvalue weighted by atomic mass is 16.5. The van der Waals surface area contributed by atoms with Crippen LogP contribution in [0.1, 0.15) is 45.6 Å². The first-order valence-electron chi connectivity index (χ1n) is 8.53. The van der Waals surface area contributed by atoms with Crippen molar-refractivity contribution in [2.45, 2.75) is 46.1 Å². The summed E-state index contributed by atoms with van der Waals surface area (Å²) in [5.41, 5.74) is 1.08. The zero-order chi connectivity index (χ0) is 17.5. The van der Waals surface area contributed by atoms with Gasteiger partial charge in [-0.05, 0) is 54.4 Å². The lowest BCUT2D eigenvalue weighted by Crippen LogP contribution is -2.38. The number of esters is 1. The van der Waals surface area contributed by atoms with E-state index in [4.69, 9.17) is 9.47 Å². The molecule has 0 aromatic heterocycles. The summed E-state index contributed by atoms with van der Waals surface area (Å²) in [7, 11) is 1.49. The smallest absolute Gasteiger partial charge is 0.331 e. The Labute approximate surface area is 143 Å². The quantitative estimate of drug-likeness (QED) is 0.665. The van der Waals surface area contributed by atoms with Crippen molar-refractivity contribution in [1.29, 1.82) is 0 Å². The summed E-state index contributed by atoms with van der Waals surface area (Å²) < 4.78 is 10.8. The van der Waals surface area contributed by atoms with Crippen molar-refractivity contribution in [3.63, 3.8) is 0 Å². The van der Waals surface area contributed by atoms with Crippen LogP contribution >= 0.6 is 0 Å². The van der Waals surface area contributed by atoms with Crippen LogP contribution < -0.4 is 4.74 Å². The van der Waals surface area contributed by atoms with Gasteiger partial charge in [0.15, 0.2) is 11.5 Å². The minimum absolute atomic E-state index is 0.00208. The average molecular weight is 330 g/mol. The van der Waals surface area contributed by atoms with E-state index in [0.717, 1.165) is 18.4 Å².